The zero-order chi connectivity index (χ0) is 21.8. The Balaban J connectivity index is 2.34. The number of benzene rings is 1. The lowest BCUT2D eigenvalue weighted by molar-refractivity contribution is -0.137. The van der Waals surface area contributed by atoms with Crippen LogP contribution in [0.2, 0.25) is 0 Å². The zero-order valence-corrected chi connectivity index (χ0v) is 14.7. The number of nitrogens with zero attached hydrogens (tertiary/aromatic N) is 4. The third-order valence-corrected chi connectivity index (χ3v) is 3.50. The molecule has 0 bridgehead atoms. The first-order valence-corrected chi connectivity index (χ1v) is 7.88. The number of anilines is 1. The highest BCUT2D eigenvalue weighted by molar-refractivity contribution is 5.72. The minimum Gasteiger partial charge on any atom is -0.355 e. The molecule has 29 heavy (non-hydrogen) atoms. The molecule has 1 amide bonds. The number of amides is 1. The van der Waals surface area contributed by atoms with Gasteiger partial charge in [-0.05, 0) is 18.2 Å². The molecule has 0 aliphatic heterocycles. The van der Waals surface area contributed by atoms with Crippen LogP contribution in [0.15, 0.2) is 22.7 Å². The molecular formula is C16H13F6N5O2. The average molecular weight is 421 g/mol. The van der Waals surface area contributed by atoms with Gasteiger partial charge in [-0.25, -0.2) is 0 Å². The number of carbonyl (C=O) groups is 1. The van der Waals surface area contributed by atoms with Crippen molar-refractivity contribution in [2.75, 3.05) is 11.4 Å². The van der Waals surface area contributed by atoms with E-state index in [-0.39, 0.29) is 18.3 Å². The van der Waals surface area contributed by atoms with E-state index in [1.807, 2.05) is 0 Å². The van der Waals surface area contributed by atoms with Crippen molar-refractivity contribution in [1.82, 2.24) is 15.5 Å². The van der Waals surface area contributed by atoms with Gasteiger partial charge in [0.2, 0.25) is 11.8 Å². The first-order valence-electron chi connectivity index (χ1n) is 7.88. The fourth-order valence-electron chi connectivity index (χ4n) is 2.31. The van der Waals surface area contributed by atoms with Crippen LogP contribution in [-0.2, 0) is 24.1 Å². The van der Waals surface area contributed by atoms with Gasteiger partial charge < -0.3 is 14.7 Å². The summed E-state index contributed by atoms with van der Waals surface area (Å²) in [4.78, 5) is 15.2. The molecule has 0 atom stereocenters. The summed E-state index contributed by atoms with van der Waals surface area (Å²) in [6.45, 7) is -1.14. The second kappa shape index (κ2) is 8.38. The van der Waals surface area contributed by atoms with Crippen LogP contribution in [-0.4, -0.2) is 28.8 Å². The molecule has 13 heteroatoms. The number of halogens is 6. The van der Waals surface area contributed by atoms with Crippen LogP contribution in [0.4, 0.5) is 32.0 Å². The van der Waals surface area contributed by atoms with Gasteiger partial charge in [0, 0.05) is 12.6 Å². The first kappa shape index (κ1) is 22.0. The van der Waals surface area contributed by atoms with Crippen LogP contribution < -0.4 is 10.2 Å². The van der Waals surface area contributed by atoms with E-state index in [4.69, 9.17) is 9.78 Å². The van der Waals surface area contributed by atoms with Gasteiger partial charge >= 0.3 is 12.4 Å². The topological polar surface area (TPSA) is 95.1 Å². The molecule has 2 rings (SSSR count). The number of nitriles is 1. The summed E-state index contributed by atoms with van der Waals surface area (Å²) in [5, 5.41) is 14.6. The Morgan fingerprint density at radius 3 is 2.52 bits per heavy atom. The van der Waals surface area contributed by atoms with Crippen molar-refractivity contribution in [1.29, 1.82) is 5.26 Å². The van der Waals surface area contributed by atoms with Crippen LogP contribution in [0.1, 0.15) is 29.8 Å². The van der Waals surface area contributed by atoms with Crippen molar-refractivity contribution in [3.8, 4) is 6.07 Å². The van der Waals surface area contributed by atoms with E-state index >= 15 is 0 Å². The molecule has 7 nitrogen and oxygen atoms in total. The van der Waals surface area contributed by atoms with E-state index in [9.17, 15) is 31.1 Å². The summed E-state index contributed by atoms with van der Waals surface area (Å²) >= 11 is 0. The van der Waals surface area contributed by atoms with Crippen molar-refractivity contribution in [2.45, 2.75) is 32.4 Å². The SMILES string of the molecule is CC(=O)NCc1nc(CN(CC(F)(F)F)c2ccc(C#N)c(C(F)(F)F)c2)no1. The van der Waals surface area contributed by atoms with Crippen molar-refractivity contribution < 1.29 is 35.7 Å². The molecule has 1 N–H and O–H groups in total. The predicted molar refractivity (Wildman–Crippen MR) is 85.1 cm³/mol. The lowest BCUT2D eigenvalue weighted by Crippen LogP contribution is -2.34. The molecular weight excluding hydrogens is 408 g/mol. The maximum absolute atomic E-state index is 13.1. The number of carbonyl (C=O) groups excluding carboxylic acids is 1. The molecule has 0 fully saturated rings. The molecule has 1 aromatic carbocycles. The van der Waals surface area contributed by atoms with Gasteiger partial charge in [0.1, 0.15) is 6.54 Å². The maximum Gasteiger partial charge on any atom is 0.417 e. The lowest BCUT2D eigenvalue weighted by atomic mass is 10.1. The van der Waals surface area contributed by atoms with Crippen molar-refractivity contribution in [2.24, 2.45) is 0 Å². The summed E-state index contributed by atoms with van der Waals surface area (Å²) in [5.41, 5.74) is -2.50. The first-order chi connectivity index (χ1) is 13.4. The van der Waals surface area contributed by atoms with Gasteiger partial charge in [-0.1, -0.05) is 5.16 Å². The second-order valence-electron chi connectivity index (χ2n) is 5.82. The summed E-state index contributed by atoms with van der Waals surface area (Å²) in [7, 11) is 0. The molecule has 0 aliphatic rings. The van der Waals surface area contributed by atoms with E-state index in [0.717, 1.165) is 12.1 Å². The Kier molecular flexibility index (Phi) is 6.35. The number of nitrogens with one attached hydrogen (secondary N) is 1. The van der Waals surface area contributed by atoms with Crippen molar-refractivity contribution in [3.63, 3.8) is 0 Å². The highest BCUT2D eigenvalue weighted by atomic mass is 19.4. The minimum absolute atomic E-state index is 0.0852. The normalized spacial score (nSPS) is 11.8. The Hall–Kier alpha value is -3.30. The molecule has 1 heterocycles. The standard InChI is InChI=1S/C16H13F6N5O2/c1-9(28)24-6-14-25-13(26-29-14)7-27(8-15(17,18)19)11-3-2-10(5-23)12(4-11)16(20,21)22/h2-4H,6-8H2,1H3,(H,24,28). The summed E-state index contributed by atoms with van der Waals surface area (Å²) < 4.78 is 83.1. The van der Waals surface area contributed by atoms with E-state index < -0.39 is 48.2 Å². The fraction of sp³-hybridized carbons (Fsp3) is 0.375. The molecule has 156 valence electrons. The van der Waals surface area contributed by atoms with Crippen LogP contribution in [0.5, 0.6) is 0 Å². The van der Waals surface area contributed by atoms with E-state index in [0.29, 0.717) is 11.0 Å². The molecule has 0 aliphatic carbocycles. The average Bonchev–Trinajstić information content (AvgIpc) is 3.04. The van der Waals surface area contributed by atoms with E-state index in [1.165, 1.54) is 13.0 Å². The number of hydrogen-bond donors (Lipinski definition) is 1. The Bertz CT molecular complexity index is 916. The quantitative estimate of drug-likeness (QED) is 0.720. The highest BCUT2D eigenvalue weighted by Crippen LogP contribution is 2.35. The number of rotatable bonds is 6. The molecule has 2 aromatic rings. The summed E-state index contributed by atoms with van der Waals surface area (Å²) in [5.74, 6) is -0.716. The number of hydrogen-bond acceptors (Lipinski definition) is 6. The molecule has 0 radical (unpaired) electrons. The van der Waals surface area contributed by atoms with Gasteiger partial charge in [0.25, 0.3) is 0 Å². The largest absolute Gasteiger partial charge is 0.417 e. The Morgan fingerprint density at radius 2 is 1.97 bits per heavy atom. The van der Waals surface area contributed by atoms with Gasteiger partial charge in [0.05, 0.1) is 30.3 Å². The van der Waals surface area contributed by atoms with Crippen molar-refractivity contribution in [3.05, 3.63) is 41.0 Å². The van der Waals surface area contributed by atoms with Gasteiger partial charge in [-0.2, -0.15) is 36.6 Å². The van der Waals surface area contributed by atoms with Gasteiger partial charge in [-0.15, -0.1) is 0 Å². The Morgan fingerprint density at radius 1 is 1.28 bits per heavy atom. The molecule has 1 aromatic heterocycles. The molecule has 0 unspecified atom stereocenters. The van der Waals surface area contributed by atoms with Crippen LogP contribution >= 0.6 is 0 Å². The zero-order valence-electron chi connectivity index (χ0n) is 14.7. The summed E-state index contributed by atoms with van der Waals surface area (Å²) in [6, 6.07) is 3.58. The number of aromatic nitrogens is 2. The van der Waals surface area contributed by atoms with Crippen molar-refractivity contribution >= 4 is 11.6 Å². The van der Waals surface area contributed by atoms with Crippen LogP contribution in [0, 0.1) is 11.3 Å². The van der Waals surface area contributed by atoms with Crippen LogP contribution in [0.25, 0.3) is 0 Å². The summed E-state index contributed by atoms with van der Waals surface area (Å²) in [6.07, 6.45) is -9.67. The lowest BCUT2D eigenvalue weighted by Gasteiger charge is -2.25. The second-order valence-corrected chi connectivity index (χ2v) is 5.82. The third-order valence-electron chi connectivity index (χ3n) is 3.50. The van der Waals surface area contributed by atoms with Crippen LogP contribution in [0.3, 0.4) is 0 Å². The third kappa shape index (κ3) is 6.37. The fourth-order valence-corrected chi connectivity index (χ4v) is 2.31. The molecule has 0 saturated heterocycles. The van der Waals surface area contributed by atoms with Gasteiger partial charge in [0.15, 0.2) is 5.82 Å². The number of alkyl halides is 6. The van der Waals surface area contributed by atoms with E-state index in [1.54, 1.807) is 0 Å². The smallest absolute Gasteiger partial charge is 0.355 e. The predicted octanol–water partition coefficient (Wildman–Crippen LogP) is 3.17. The van der Waals surface area contributed by atoms with E-state index in [2.05, 4.69) is 15.5 Å². The minimum atomic E-state index is -4.93. The molecule has 0 spiro atoms. The Labute approximate surface area is 159 Å². The monoisotopic (exact) mass is 421 g/mol. The van der Waals surface area contributed by atoms with Gasteiger partial charge in [-0.3, -0.25) is 4.79 Å². The highest BCUT2D eigenvalue weighted by Gasteiger charge is 2.36. The maximum atomic E-state index is 13.1. The molecule has 0 saturated carbocycles.